The number of hydrogen-bond donors (Lipinski definition) is 0. The van der Waals surface area contributed by atoms with Crippen LogP contribution in [0.2, 0.25) is 0 Å². The Kier molecular flexibility index (Phi) is 7.30. The number of likely N-dealkylation sites (N-methyl/N-ethyl adjacent to an activating group) is 1. The third kappa shape index (κ3) is 4.98. The number of hydrogen-bond acceptors (Lipinski definition) is 6. The minimum absolute atomic E-state index is 0.0361. The van der Waals surface area contributed by atoms with E-state index < -0.39 is 5.82 Å². The lowest BCUT2D eigenvalue weighted by Gasteiger charge is -2.40. The molecule has 0 bridgehead atoms. The van der Waals surface area contributed by atoms with E-state index in [1.54, 1.807) is 13.2 Å². The molecule has 0 spiro atoms. The fourth-order valence-corrected chi connectivity index (χ4v) is 4.74. The number of nitrogens with zero attached hydrogens (tertiary/aromatic N) is 5. The zero-order valence-corrected chi connectivity index (χ0v) is 20.4. The molecule has 4 rings (SSSR count). The molecule has 2 aromatic carbocycles. The van der Waals surface area contributed by atoms with E-state index in [1.807, 2.05) is 18.2 Å². The van der Waals surface area contributed by atoms with Gasteiger partial charge in [-0.3, -0.25) is 0 Å². The summed E-state index contributed by atoms with van der Waals surface area (Å²) in [5.41, 5.74) is 4.47. The Hall–Kier alpha value is -3.21. The first-order valence-corrected chi connectivity index (χ1v) is 11.6. The van der Waals surface area contributed by atoms with Crippen molar-refractivity contribution in [3.05, 3.63) is 70.5 Å². The van der Waals surface area contributed by atoms with E-state index in [9.17, 15) is 9.65 Å². The van der Waals surface area contributed by atoms with Crippen molar-refractivity contribution in [3.8, 4) is 6.07 Å². The second-order valence-electron chi connectivity index (χ2n) is 9.20. The molecule has 34 heavy (non-hydrogen) atoms. The van der Waals surface area contributed by atoms with Crippen LogP contribution < -0.4 is 0 Å². The molecular weight excluding hydrogens is 429 g/mol. The SMILES string of the molecule is COCc1ccc(C2=C(c3ccc(C#N)c(F)c3)N=C(N3CCC(N(C)C)CC3)CN2C)cc1. The first kappa shape index (κ1) is 23.9. The fourth-order valence-electron chi connectivity index (χ4n) is 4.74. The number of benzene rings is 2. The largest absolute Gasteiger partial charge is 0.380 e. The lowest BCUT2D eigenvalue weighted by Crippen LogP contribution is -2.48. The zero-order chi connectivity index (χ0) is 24.2. The highest BCUT2D eigenvalue weighted by molar-refractivity contribution is 6.01. The molecular formula is C27H32FN5O. The van der Waals surface area contributed by atoms with Crippen LogP contribution in [0.3, 0.4) is 0 Å². The number of rotatable bonds is 5. The van der Waals surface area contributed by atoms with Gasteiger partial charge in [0.05, 0.1) is 30.1 Å². The van der Waals surface area contributed by atoms with Crippen molar-refractivity contribution in [3.63, 3.8) is 0 Å². The average Bonchev–Trinajstić information content (AvgIpc) is 2.84. The van der Waals surface area contributed by atoms with E-state index in [2.05, 4.69) is 48.0 Å². The monoisotopic (exact) mass is 461 g/mol. The summed E-state index contributed by atoms with van der Waals surface area (Å²) in [6.45, 7) is 3.13. The van der Waals surface area contributed by atoms with Gasteiger partial charge in [-0.2, -0.15) is 5.26 Å². The second-order valence-corrected chi connectivity index (χ2v) is 9.20. The van der Waals surface area contributed by atoms with Crippen LogP contribution in [0.1, 0.15) is 35.1 Å². The highest BCUT2D eigenvalue weighted by Gasteiger charge is 2.28. The maximum Gasteiger partial charge on any atom is 0.141 e. The van der Waals surface area contributed by atoms with Gasteiger partial charge in [0, 0.05) is 44.4 Å². The molecule has 2 heterocycles. The molecule has 0 N–H and O–H groups in total. The molecule has 0 aliphatic carbocycles. The third-order valence-corrected chi connectivity index (χ3v) is 6.69. The van der Waals surface area contributed by atoms with Gasteiger partial charge in [-0.05, 0) is 44.6 Å². The molecule has 178 valence electrons. The van der Waals surface area contributed by atoms with Gasteiger partial charge in [0.1, 0.15) is 17.7 Å². The first-order chi connectivity index (χ1) is 16.4. The van der Waals surface area contributed by atoms with E-state index in [0.717, 1.165) is 54.3 Å². The maximum atomic E-state index is 14.6. The smallest absolute Gasteiger partial charge is 0.141 e. The van der Waals surface area contributed by atoms with Crippen molar-refractivity contribution in [1.82, 2.24) is 14.7 Å². The minimum Gasteiger partial charge on any atom is -0.380 e. The van der Waals surface area contributed by atoms with Crippen LogP contribution in [0.15, 0.2) is 47.5 Å². The molecule has 0 saturated carbocycles. The van der Waals surface area contributed by atoms with Gasteiger partial charge in [0.15, 0.2) is 0 Å². The van der Waals surface area contributed by atoms with Crippen LogP contribution in [0.4, 0.5) is 4.39 Å². The van der Waals surface area contributed by atoms with Crippen LogP contribution >= 0.6 is 0 Å². The third-order valence-electron chi connectivity index (χ3n) is 6.69. The standard InChI is InChI=1S/C27H32FN5O/c1-31(2)23-11-13-33(14-12-23)25-17-32(3)27(20-7-5-19(6-8-20)18-34-4)26(30-25)21-9-10-22(16-29)24(28)15-21/h5-10,15,23H,11-14,17-18H2,1-4H3. The molecule has 0 aromatic heterocycles. The summed E-state index contributed by atoms with van der Waals surface area (Å²) in [7, 11) is 8.01. The fraction of sp³-hybridized carbons (Fsp3) is 0.407. The first-order valence-electron chi connectivity index (χ1n) is 11.6. The molecule has 7 heteroatoms. The Balaban J connectivity index is 1.76. The summed E-state index contributed by atoms with van der Waals surface area (Å²) in [4.78, 5) is 11.9. The molecule has 2 aliphatic heterocycles. The molecule has 2 aliphatic rings. The Labute approximate surface area is 201 Å². The lowest BCUT2D eigenvalue weighted by atomic mass is 9.99. The summed E-state index contributed by atoms with van der Waals surface area (Å²) in [5, 5.41) is 9.18. The Morgan fingerprint density at radius 3 is 2.38 bits per heavy atom. The van der Waals surface area contributed by atoms with Crippen molar-refractivity contribution < 1.29 is 9.13 Å². The maximum absolute atomic E-state index is 14.6. The summed E-state index contributed by atoms with van der Waals surface area (Å²) >= 11 is 0. The molecule has 0 unspecified atom stereocenters. The normalized spacial score (nSPS) is 17.3. The van der Waals surface area contributed by atoms with E-state index in [4.69, 9.17) is 9.73 Å². The van der Waals surface area contributed by atoms with Gasteiger partial charge in [0.25, 0.3) is 0 Å². The highest BCUT2D eigenvalue weighted by Crippen LogP contribution is 2.34. The number of nitriles is 1. The number of ether oxygens (including phenoxy) is 1. The topological polar surface area (TPSA) is 55.1 Å². The Morgan fingerprint density at radius 2 is 1.79 bits per heavy atom. The van der Waals surface area contributed by atoms with Crippen molar-refractivity contribution in [2.45, 2.75) is 25.5 Å². The van der Waals surface area contributed by atoms with Crippen molar-refractivity contribution in [2.24, 2.45) is 4.99 Å². The van der Waals surface area contributed by atoms with E-state index in [0.29, 0.717) is 24.8 Å². The number of halogens is 1. The molecule has 6 nitrogen and oxygen atoms in total. The summed E-state index contributed by atoms with van der Waals surface area (Å²) in [6.07, 6.45) is 2.18. The van der Waals surface area contributed by atoms with Crippen LogP contribution in [-0.2, 0) is 11.3 Å². The van der Waals surface area contributed by atoms with Crippen molar-refractivity contribution in [2.75, 3.05) is 47.9 Å². The van der Waals surface area contributed by atoms with Gasteiger partial charge < -0.3 is 19.4 Å². The number of piperidine rings is 1. The molecule has 1 saturated heterocycles. The van der Waals surface area contributed by atoms with Crippen LogP contribution in [-0.4, -0.2) is 74.5 Å². The van der Waals surface area contributed by atoms with E-state index in [1.165, 1.54) is 12.1 Å². The lowest BCUT2D eigenvalue weighted by molar-refractivity contribution is 0.185. The number of methoxy groups -OCH3 is 1. The van der Waals surface area contributed by atoms with Crippen molar-refractivity contribution >= 4 is 17.2 Å². The molecule has 0 amide bonds. The predicted molar refractivity (Wildman–Crippen MR) is 133 cm³/mol. The molecule has 1 fully saturated rings. The van der Waals surface area contributed by atoms with Gasteiger partial charge in [-0.25, -0.2) is 9.38 Å². The van der Waals surface area contributed by atoms with Gasteiger partial charge in [-0.1, -0.05) is 30.3 Å². The second kappa shape index (κ2) is 10.4. The molecule has 0 atom stereocenters. The molecule has 2 aromatic rings. The zero-order valence-electron chi connectivity index (χ0n) is 20.4. The number of aliphatic imine (C=N–C) groups is 1. The van der Waals surface area contributed by atoms with Gasteiger partial charge >= 0.3 is 0 Å². The van der Waals surface area contributed by atoms with Crippen LogP contribution in [0.5, 0.6) is 0 Å². The van der Waals surface area contributed by atoms with Gasteiger partial charge in [-0.15, -0.1) is 0 Å². The Morgan fingerprint density at radius 1 is 1.12 bits per heavy atom. The van der Waals surface area contributed by atoms with Crippen LogP contribution in [0, 0.1) is 17.1 Å². The van der Waals surface area contributed by atoms with Gasteiger partial charge in [0.2, 0.25) is 0 Å². The minimum atomic E-state index is -0.529. The van der Waals surface area contributed by atoms with E-state index in [-0.39, 0.29) is 5.56 Å². The Bertz CT molecular complexity index is 1120. The predicted octanol–water partition coefficient (Wildman–Crippen LogP) is 4.04. The summed E-state index contributed by atoms with van der Waals surface area (Å²) < 4.78 is 19.8. The number of amidine groups is 1. The summed E-state index contributed by atoms with van der Waals surface area (Å²) in [6, 6.07) is 15.4. The average molecular weight is 462 g/mol. The van der Waals surface area contributed by atoms with Crippen molar-refractivity contribution in [1.29, 1.82) is 5.26 Å². The molecule has 0 radical (unpaired) electrons. The summed E-state index contributed by atoms with van der Waals surface area (Å²) in [5.74, 6) is 0.471. The number of likely N-dealkylation sites (tertiary alicyclic amines) is 1. The quantitative estimate of drug-likeness (QED) is 0.673. The van der Waals surface area contributed by atoms with E-state index >= 15 is 0 Å². The van der Waals surface area contributed by atoms with Crippen LogP contribution in [0.25, 0.3) is 11.4 Å². The highest BCUT2D eigenvalue weighted by atomic mass is 19.1.